The lowest BCUT2D eigenvalue weighted by molar-refractivity contribution is -0.146. The molecule has 0 bridgehead atoms. The van der Waals surface area contributed by atoms with E-state index in [1.54, 1.807) is 0 Å². The minimum atomic E-state index is -0.517. The molecule has 0 heterocycles. The van der Waals surface area contributed by atoms with Crippen molar-refractivity contribution in [2.75, 3.05) is 6.61 Å². The molecule has 0 aliphatic carbocycles. The fraction of sp³-hybridized carbons (Fsp3) is 0.929. The Morgan fingerprint density at radius 1 is 1.06 bits per heavy atom. The Kier molecular flexibility index (Phi) is 7.65. The van der Waals surface area contributed by atoms with Gasteiger partial charge >= 0.3 is 0 Å². The predicted octanol–water partition coefficient (Wildman–Crippen LogP) is 3.98. The molecule has 0 aromatic rings. The minimum absolute atomic E-state index is 0.299. The molecule has 0 saturated carbocycles. The van der Waals surface area contributed by atoms with Gasteiger partial charge in [-0.1, -0.05) is 40.5 Å². The SMILES string of the molecule is CCOC(CC)(CC)C(=O)CC(CC)CC. The molecule has 2 heteroatoms. The largest absolute Gasteiger partial charge is 0.368 e. The highest BCUT2D eigenvalue weighted by Gasteiger charge is 2.35. The van der Waals surface area contributed by atoms with Gasteiger partial charge in [0.05, 0.1) is 0 Å². The van der Waals surface area contributed by atoms with Crippen LogP contribution in [0.4, 0.5) is 0 Å². The first-order chi connectivity index (χ1) is 7.60. The van der Waals surface area contributed by atoms with Crippen LogP contribution >= 0.6 is 0 Å². The minimum Gasteiger partial charge on any atom is -0.368 e. The number of hydrogen-bond acceptors (Lipinski definition) is 2. The van der Waals surface area contributed by atoms with Crippen LogP contribution in [0.15, 0.2) is 0 Å². The van der Waals surface area contributed by atoms with E-state index in [0.29, 0.717) is 24.7 Å². The summed E-state index contributed by atoms with van der Waals surface area (Å²) in [4.78, 5) is 12.3. The first kappa shape index (κ1) is 15.6. The smallest absolute Gasteiger partial charge is 0.164 e. The van der Waals surface area contributed by atoms with Crippen LogP contribution in [-0.2, 0) is 9.53 Å². The molecule has 0 saturated heterocycles. The molecule has 0 radical (unpaired) electrons. The Bertz CT molecular complexity index is 191. The Morgan fingerprint density at radius 2 is 1.56 bits per heavy atom. The van der Waals surface area contributed by atoms with Crippen LogP contribution in [-0.4, -0.2) is 18.0 Å². The van der Waals surface area contributed by atoms with Crippen molar-refractivity contribution >= 4 is 5.78 Å². The molecule has 0 aromatic heterocycles. The van der Waals surface area contributed by atoms with Gasteiger partial charge in [-0.05, 0) is 25.7 Å². The van der Waals surface area contributed by atoms with Crippen LogP contribution in [0.25, 0.3) is 0 Å². The summed E-state index contributed by atoms with van der Waals surface area (Å²) < 4.78 is 5.73. The topological polar surface area (TPSA) is 26.3 Å². The van der Waals surface area contributed by atoms with Gasteiger partial charge in [0.1, 0.15) is 5.60 Å². The van der Waals surface area contributed by atoms with Gasteiger partial charge in [0.25, 0.3) is 0 Å². The molecule has 0 N–H and O–H groups in total. The number of hydrogen-bond donors (Lipinski definition) is 0. The normalized spacial score (nSPS) is 12.1. The molecule has 96 valence electrons. The summed E-state index contributed by atoms with van der Waals surface area (Å²) in [6, 6.07) is 0. The summed E-state index contributed by atoms with van der Waals surface area (Å²) in [5.41, 5.74) is -0.517. The second-order valence-corrected chi connectivity index (χ2v) is 4.44. The van der Waals surface area contributed by atoms with Gasteiger partial charge in [0, 0.05) is 13.0 Å². The van der Waals surface area contributed by atoms with Crippen molar-refractivity contribution in [1.29, 1.82) is 0 Å². The van der Waals surface area contributed by atoms with Gasteiger partial charge in [0.2, 0.25) is 0 Å². The van der Waals surface area contributed by atoms with E-state index in [0.717, 1.165) is 25.7 Å². The van der Waals surface area contributed by atoms with Crippen molar-refractivity contribution in [1.82, 2.24) is 0 Å². The second kappa shape index (κ2) is 7.83. The Labute approximate surface area is 101 Å². The van der Waals surface area contributed by atoms with Gasteiger partial charge < -0.3 is 4.74 Å². The first-order valence-electron chi connectivity index (χ1n) is 6.77. The summed E-state index contributed by atoms with van der Waals surface area (Å²) in [6.07, 6.45) is 4.41. The van der Waals surface area contributed by atoms with Gasteiger partial charge in [-0.3, -0.25) is 4.79 Å². The third-order valence-electron chi connectivity index (χ3n) is 3.70. The average Bonchev–Trinajstić information content (AvgIpc) is 2.32. The van der Waals surface area contributed by atoms with Crippen LogP contribution in [0.3, 0.4) is 0 Å². The zero-order valence-corrected chi connectivity index (χ0v) is 11.6. The van der Waals surface area contributed by atoms with Gasteiger partial charge in [-0.15, -0.1) is 0 Å². The molecule has 0 spiro atoms. The van der Waals surface area contributed by atoms with E-state index in [4.69, 9.17) is 4.74 Å². The van der Waals surface area contributed by atoms with Crippen molar-refractivity contribution in [3.05, 3.63) is 0 Å². The van der Waals surface area contributed by atoms with Crippen molar-refractivity contribution in [2.24, 2.45) is 5.92 Å². The van der Waals surface area contributed by atoms with Gasteiger partial charge in [-0.25, -0.2) is 0 Å². The molecule has 0 aliphatic rings. The number of ether oxygens (including phenoxy) is 1. The van der Waals surface area contributed by atoms with Crippen LogP contribution < -0.4 is 0 Å². The lowest BCUT2D eigenvalue weighted by Gasteiger charge is -2.31. The van der Waals surface area contributed by atoms with Crippen molar-refractivity contribution < 1.29 is 9.53 Å². The summed E-state index contributed by atoms with van der Waals surface area (Å²) >= 11 is 0. The van der Waals surface area contributed by atoms with E-state index in [1.165, 1.54) is 0 Å². The molecule has 0 amide bonds. The van der Waals surface area contributed by atoms with Crippen LogP contribution in [0.2, 0.25) is 0 Å². The van der Waals surface area contributed by atoms with Crippen molar-refractivity contribution in [3.63, 3.8) is 0 Å². The zero-order valence-electron chi connectivity index (χ0n) is 11.6. The Morgan fingerprint density at radius 3 is 1.88 bits per heavy atom. The predicted molar refractivity (Wildman–Crippen MR) is 68.6 cm³/mol. The van der Waals surface area contributed by atoms with Crippen LogP contribution in [0, 0.1) is 5.92 Å². The van der Waals surface area contributed by atoms with Gasteiger partial charge in [-0.2, -0.15) is 0 Å². The number of carbonyl (C=O) groups excluding carboxylic acids is 1. The number of ketones is 1. The van der Waals surface area contributed by atoms with E-state index >= 15 is 0 Å². The summed E-state index contributed by atoms with van der Waals surface area (Å²) in [5.74, 6) is 0.818. The van der Waals surface area contributed by atoms with Gasteiger partial charge in [0.15, 0.2) is 5.78 Å². The number of Topliss-reactive ketones (excluding diaryl/α,β-unsaturated/α-hetero) is 1. The molecule has 0 rings (SSSR count). The van der Waals surface area contributed by atoms with Crippen molar-refractivity contribution in [2.45, 2.75) is 72.3 Å². The monoisotopic (exact) mass is 228 g/mol. The Hall–Kier alpha value is -0.370. The molecule has 0 aliphatic heterocycles. The summed E-state index contributed by atoms with van der Waals surface area (Å²) in [5, 5.41) is 0. The molecular formula is C14H28O2. The summed E-state index contributed by atoms with van der Waals surface area (Å²) in [6.45, 7) is 11.0. The maximum absolute atomic E-state index is 12.3. The first-order valence-corrected chi connectivity index (χ1v) is 6.77. The van der Waals surface area contributed by atoms with E-state index in [-0.39, 0.29) is 0 Å². The highest BCUT2D eigenvalue weighted by molar-refractivity contribution is 5.87. The van der Waals surface area contributed by atoms with Crippen LogP contribution in [0.1, 0.15) is 66.7 Å². The Balaban J connectivity index is 4.60. The molecule has 2 nitrogen and oxygen atoms in total. The molecule has 0 unspecified atom stereocenters. The summed E-state index contributed by atoms with van der Waals surface area (Å²) in [7, 11) is 0. The van der Waals surface area contributed by atoms with E-state index in [1.807, 2.05) is 20.8 Å². The number of rotatable bonds is 9. The van der Waals surface area contributed by atoms with Crippen LogP contribution in [0.5, 0.6) is 0 Å². The maximum Gasteiger partial charge on any atom is 0.164 e. The average molecular weight is 228 g/mol. The second-order valence-electron chi connectivity index (χ2n) is 4.44. The lowest BCUT2D eigenvalue weighted by Crippen LogP contribution is -2.41. The quantitative estimate of drug-likeness (QED) is 0.596. The van der Waals surface area contributed by atoms with E-state index in [9.17, 15) is 4.79 Å². The molecule has 0 atom stereocenters. The fourth-order valence-electron chi connectivity index (χ4n) is 2.23. The third-order valence-corrected chi connectivity index (χ3v) is 3.70. The highest BCUT2D eigenvalue weighted by atomic mass is 16.5. The standard InChI is InChI=1S/C14H28O2/c1-6-12(7-2)11-13(15)14(8-3,9-4)16-10-5/h12H,6-11H2,1-5H3. The van der Waals surface area contributed by atoms with E-state index in [2.05, 4.69) is 13.8 Å². The van der Waals surface area contributed by atoms with Crippen molar-refractivity contribution in [3.8, 4) is 0 Å². The highest BCUT2D eigenvalue weighted by Crippen LogP contribution is 2.26. The fourth-order valence-corrected chi connectivity index (χ4v) is 2.23. The number of carbonyl (C=O) groups is 1. The molecule has 0 aromatic carbocycles. The third kappa shape index (κ3) is 3.89. The molecular weight excluding hydrogens is 200 g/mol. The van der Waals surface area contributed by atoms with E-state index < -0.39 is 5.60 Å². The molecule has 0 fully saturated rings. The maximum atomic E-state index is 12.3. The zero-order chi connectivity index (χ0) is 12.6. The lowest BCUT2D eigenvalue weighted by atomic mass is 9.84. The molecule has 16 heavy (non-hydrogen) atoms.